The number of hydrogen-bond acceptors (Lipinski definition) is 4. The Morgan fingerprint density at radius 1 is 1.06 bits per heavy atom. The molecule has 5 rings (SSSR count). The molecule has 0 bridgehead atoms. The normalized spacial score (nSPS) is 16.9. The molecule has 2 aliphatic heterocycles. The third kappa shape index (κ3) is 4.85. The number of nitro benzene ring substituents is 1. The lowest BCUT2D eigenvalue weighted by atomic mass is 9.74. The predicted octanol–water partition coefficient (Wildman–Crippen LogP) is 5.83. The molecule has 0 saturated carbocycles. The molecule has 3 aromatic carbocycles. The highest BCUT2D eigenvalue weighted by Crippen LogP contribution is 2.47. The zero-order chi connectivity index (χ0) is 25.1. The number of carbonyl (C=O) groups excluding carboxylic acids is 1. The summed E-state index contributed by atoms with van der Waals surface area (Å²) in [6.07, 6.45) is 5.93. The average Bonchev–Trinajstić information content (AvgIpc) is 3.19. The van der Waals surface area contributed by atoms with Gasteiger partial charge in [-0.15, -0.1) is 0 Å². The molecule has 36 heavy (non-hydrogen) atoms. The largest absolute Gasteiger partial charge is 0.326 e. The SMILES string of the molecule is O=C(Nc1ccc([N+](=O)[O-])cc1)N1CC2(CCN(CC=Cc3ccccc3)CC2)c2cc(F)ccc21. The zero-order valence-electron chi connectivity index (χ0n) is 19.8. The molecule has 0 unspecified atom stereocenters. The number of nitrogens with zero attached hydrogens (tertiary/aromatic N) is 3. The summed E-state index contributed by atoms with van der Waals surface area (Å²) in [5, 5.41) is 13.7. The number of benzene rings is 3. The predicted molar refractivity (Wildman–Crippen MR) is 139 cm³/mol. The van der Waals surface area contributed by atoms with Crippen LogP contribution in [0.15, 0.2) is 78.9 Å². The number of nitrogens with one attached hydrogen (secondary N) is 1. The minimum Gasteiger partial charge on any atom is -0.308 e. The smallest absolute Gasteiger partial charge is 0.308 e. The van der Waals surface area contributed by atoms with Crippen molar-refractivity contribution in [1.82, 2.24) is 4.90 Å². The van der Waals surface area contributed by atoms with Crippen LogP contribution in [-0.4, -0.2) is 42.0 Å². The number of nitro groups is 1. The van der Waals surface area contributed by atoms with Crippen molar-refractivity contribution in [3.63, 3.8) is 0 Å². The molecule has 3 aromatic rings. The standard InChI is InChI=1S/C28H27FN4O3/c29-22-8-13-26-25(19-22)28(14-17-31(18-15-28)16-4-7-21-5-2-1-3-6-21)20-32(26)27(34)30-23-9-11-24(12-10-23)33(35)36/h1-13,19H,14-18,20H2,(H,30,34). The maximum Gasteiger partial charge on any atom is 0.326 e. The van der Waals surface area contributed by atoms with Crippen LogP contribution in [-0.2, 0) is 5.41 Å². The molecule has 0 atom stereocenters. The summed E-state index contributed by atoms with van der Waals surface area (Å²) in [6, 6.07) is 20.2. The fourth-order valence-electron chi connectivity index (χ4n) is 5.17. The number of carbonyl (C=O) groups is 1. The molecule has 184 valence electrons. The Kier molecular flexibility index (Phi) is 6.52. The van der Waals surface area contributed by atoms with Crippen molar-refractivity contribution in [2.75, 3.05) is 36.4 Å². The van der Waals surface area contributed by atoms with Gasteiger partial charge in [-0.25, -0.2) is 9.18 Å². The van der Waals surface area contributed by atoms with Gasteiger partial charge in [-0.05, 0) is 67.4 Å². The quantitative estimate of drug-likeness (QED) is 0.363. The highest BCUT2D eigenvalue weighted by molar-refractivity contribution is 6.03. The molecule has 1 fully saturated rings. The molecule has 0 radical (unpaired) electrons. The first-order chi connectivity index (χ1) is 17.4. The Balaban J connectivity index is 1.28. The second-order valence-corrected chi connectivity index (χ2v) is 9.38. The number of fused-ring (bicyclic) bond motifs is 2. The van der Waals surface area contributed by atoms with E-state index in [1.165, 1.54) is 35.9 Å². The monoisotopic (exact) mass is 486 g/mol. The van der Waals surface area contributed by atoms with E-state index in [0.717, 1.165) is 38.0 Å². The van der Waals surface area contributed by atoms with Gasteiger partial charge in [-0.2, -0.15) is 0 Å². The fraction of sp³-hybridized carbons (Fsp3) is 0.250. The molecule has 2 amide bonds. The molecule has 0 aromatic heterocycles. The van der Waals surface area contributed by atoms with Crippen LogP contribution in [0.3, 0.4) is 0 Å². The Labute approximate surface area is 209 Å². The number of halogens is 1. The van der Waals surface area contributed by atoms with Crippen molar-refractivity contribution in [2.45, 2.75) is 18.3 Å². The summed E-state index contributed by atoms with van der Waals surface area (Å²) >= 11 is 0. The van der Waals surface area contributed by atoms with Gasteiger partial charge < -0.3 is 5.32 Å². The molecule has 0 aliphatic carbocycles. The van der Waals surface area contributed by atoms with Crippen LogP contribution in [0.4, 0.5) is 26.2 Å². The minimum atomic E-state index is -0.482. The first kappa shape index (κ1) is 23.7. The molecular formula is C28H27FN4O3. The van der Waals surface area contributed by atoms with Crippen molar-refractivity contribution in [3.8, 4) is 0 Å². The molecule has 2 aliphatic rings. The number of non-ortho nitro benzene ring substituents is 1. The molecule has 1 spiro atoms. The van der Waals surface area contributed by atoms with E-state index in [1.54, 1.807) is 17.0 Å². The van der Waals surface area contributed by atoms with Gasteiger partial charge in [-0.1, -0.05) is 42.5 Å². The van der Waals surface area contributed by atoms with Gasteiger partial charge in [0.15, 0.2) is 0 Å². The molecule has 7 nitrogen and oxygen atoms in total. The van der Waals surface area contributed by atoms with E-state index in [4.69, 9.17) is 0 Å². The number of urea groups is 1. The van der Waals surface area contributed by atoms with Crippen molar-refractivity contribution < 1.29 is 14.1 Å². The number of piperidine rings is 1. The molecule has 2 heterocycles. The Bertz CT molecular complexity index is 1290. The van der Waals surface area contributed by atoms with Crippen molar-refractivity contribution in [1.29, 1.82) is 0 Å². The lowest BCUT2D eigenvalue weighted by molar-refractivity contribution is -0.384. The first-order valence-corrected chi connectivity index (χ1v) is 12.0. The Morgan fingerprint density at radius 3 is 2.47 bits per heavy atom. The highest BCUT2D eigenvalue weighted by atomic mass is 19.1. The lowest BCUT2D eigenvalue weighted by Gasteiger charge is -2.39. The van der Waals surface area contributed by atoms with Crippen molar-refractivity contribution in [2.24, 2.45) is 0 Å². The van der Waals surface area contributed by atoms with E-state index in [-0.39, 0.29) is 23.0 Å². The van der Waals surface area contributed by atoms with Crippen LogP contribution in [0.25, 0.3) is 6.08 Å². The number of likely N-dealkylation sites (tertiary alicyclic amines) is 1. The van der Waals surface area contributed by atoms with Gasteiger partial charge in [0.05, 0.1) is 4.92 Å². The van der Waals surface area contributed by atoms with Crippen molar-refractivity contribution >= 4 is 29.2 Å². The summed E-state index contributed by atoms with van der Waals surface area (Å²) in [7, 11) is 0. The number of amides is 2. The van der Waals surface area contributed by atoms with E-state index in [9.17, 15) is 19.3 Å². The zero-order valence-corrected chi connectivity index (χ0v) is 19.8. The van der Waals surface area contributed by atoms with Crippen LogP contribution in [0.1, 0.15) is 24.0 Å². The van der Waals surface area contributed by atoms with Crippen LogP contribution in [0.2, 0.25) is 0 Å². The molecular weight excluding hydrogens is 459 g/mol. The second kappa shape index (κ2) is 9.91. The number of hydrogen-bond donors (Lipinski definition) is 1. The average molecular weight is 487 g/mol. The van der Waals surface area contributed by atoms with Gasteiger partial charge in [0.2, 0.25) is 0 Å². The lowest BCUT2D eigenvalue weighted by Crippen LogP contribution is -2.46. The Morgan fingerprint density at radius 2 is 1.78 bits per heavy atom. The first-order valence-electron chi connectivity index (χ1n) is 12.0. The Hall–Kier alpha value is -4.04. The van der Waals surface area contributed by atoms with Gasteiger partial charge in [0, 0.05) is 42.0 Å². The highest BCUT2D eigenvalue weighted by Gasteiger charge is 2.46. The van der Waals surface area contributed by atoms with E-state index in [1.807, 2.05) is 18.2 Å². The fourth-order valence-corrected chi connectivity index (χ4v) is 5.17. The second-order valence-electron chi connectivity index (χ2n) is 9.38. The van der Waals surface area contributed by atoms with E-state index < -0.39 is 4.92 Å². The molecule has 1 saturated heterocycles. The maximum absolute atomic E-state index is 14.3. The molecule has 8 heteroatoms. The van der Waals surface area contributed by atoms with Gasteiger partial charge in [0.25, 0.3) is 5.69 Å². The number of rotatable bonds is 5. The summed E-state index contributed by atoms with van der Waals surface area (Å²) in [5.74, 6) is -0.307. The maximum atomic E-state index is 14.3. The van der Waals surface area contributed by atoms with Gasteiger partial charge in [-0.3, -0.25) is 19.9 Å². The topological polar surface area (TPSA) is 78.7 Å². The van der Waals surface area contributed by atoms with Crippen LogP contribution in [0.5, 0.6) is 0 Å². The van der Waals surface area contributed by atoms with Gasteiger partial charge in [0.1, 0.15) is 5.82 Å². The summed E-state index contributed by atoms with van der Waals surface area (Å²) in [5.41, 5.74) is 2.88. The van der Waals surface area contributed by atoms with Crippen molar-refractivity contribution in [3.05, 3.63) is 106 Å². The van der Waals surface area contributed by atoms with Crippen LogP contribution < -0.4 is 10.2 Å². The minimum absolute atomic E-state index is 0.0423. The van der Waals surface area contributed by atoms with Gasteiger partial charge >= 0.3 is 6.03 Å². The third-order valence-corrected chi connectivity index (χ3v) is 7.14. The summed E-state index contributed by atoms with van der Waals surface area (Å²) in [6.45, 7) is 3.02. The van der Waals surface area contributed by atoms with E-state index >= 15 is 0 Å². The van der Waals surface area contributed by atoms with E-state index in [0.29, 0.717) is 17.9 Å². The number of anilines is 2. The molecule has 1 N–H and O–H groups in total. The van der Waals surface area contributed by atoms with E-state index in [2.05, 4.69) is 34.5 Å². The van der Waals surface area contributed by atoms with Crippen LogP contribution >= 0.6 is 0 Å². The summed E-state index contributed by atoms with van der Waals surface area (Å²) < 4.78 is 14.3. The summed E-state index contributed by atoms with van der Waals surface area (Å²) in [4.78, 5) is 27.7. The van der Waals surface area contributed by atoms with Crippen LogP contribution in [0, 0.1) is 15.9 Å². The third-order valence-electron chi connectivity index (χ3n) is 7.14.